The molecule has 6 heteroatoms. The first-order valence-corrected chi connectivity index (χ1v) is 7.94. The van der Waals surface area contributed by atoms with Crippen LogP contribution in [0.25, 0.3) is 6.08 Å². The Morgan fingerprint density at radius 2 is 1.73 bits per heavy atom. The number of amides is 1. The van der Waals surface area contributed by atoms with Crippen molar-refractivity contribution in [1.82, 2.24) is 0 Å². The summed E-state index contributed by atoms with van der Waals surface area (Å²) >= 11 is 0. The van der Waals surface area contributed by atoms with Crippen LogP contribution in [0.3, 0.4) is 0 Å². The molecule has 0 fully saturated rings. The van der Waals surface area contributed by atoms with Crippen LogP contribution in [0, 0.1) is 0 Å². The molecule has 6 nitrogen and oxygen atoms in total. The number of rotatable bonds is 7. The summed E-state index contributed by atoms with van der Waals surface area (Å²) in [5.74, 6) is 0.128. The first-order chi connectivity index (χ1) is 12.6. The highest BCUT2D eigenvalue weighted by atomic mass is 16.5. The van der Waals surface area contributed by atoms with E-state index in [1.54, 1.807) is 43.5 Å². The second-order valence-corrected chi connectivity index (χ2v) is 5.31. The van der Waals surface area contributed by atoms with Crippen molar-refractivity contribution < 1.29 is 23.8 Å². The lowest BCUT2D eigenvalue weighted by atomic mass is 10.1. The van der Waals surface area contributed by atoms with E-state index in [4.69, 9.17) is 14.2 Å². The van der Waals surface area contributed by atoms with Crippen LogP contribution in [0.2, 0.25) is 0 Å². The van der Waals surface area contributed by atoms with Crippen molar-refractivity contribution in [3.8, 4) is 11.5 Å². The van der Waals surface area contributed by atoms with Gasteiger partial charge in [0.25, 0.3) is 5.91 Å². The highest BCUT2D eigenvalue weighted by Crippen LogP contribution is 2.31. The molecule has 0 heterocycles. The van der Waals surface area contributed by atoms with Crippen LogP contribution >= 0.6 is 0 Å². The van der Waals surface area contributed by atoms with E-state index < -0.39 is 5.97 Å². The Hall–Kier alpha value is -3.28. The molecule has 0 bridgehead atoms. The summed E-state index contributed by atoms with van der Waals surface area (Å²) in [6.45, 7) is -0.343. The average molecular weight is 355 g/mol. The highest BCUT2D eigenvalue weighted by molar-refractivity contribution is 5.96. The second kappa shape index (κ2) is 9.27. The van der Waals surface area contributed by atoms with Crippen molar-refractivity contribution in [2.45, 2.75) is 0 Å². The first kappa shape index (κ1) is 19.1. The maximum absolute atomic E-state index is 12.1. The van der Waals surface area contributed by atoms with Crippen LogP contribution in [0.4, 0.5) is 5.69 Å². The van der Waals surface area contributed by atoms with Gasteiger partial charge in [-0.25, -0.2) is 4.79 Å². The monoisotopic (exact) mass is 355 g/mol. The molecule has 0 atom stereocenters. The van der Waals surface area contributed by atoms with E-state index in [9.17, 15) is 9.59 Å². The molecule has 1 amide bonds. The molecular formula is C20H21NO5. The van der Waals surface area contributed by atoms with Gasteiger partial charge >= 0.3 is 5.97 Å². The van der Waals surface area contributed by atoms with Crippen LogP contribution in [0.1, 0.15) is 5.56 Å². The number of para-hydroxylation sites is 2. The molecule has 0 aliphatic heterocycles. The summed E-state index contributed by atoms with van der Waals surface area (Å²) in [6, 6.07) is 14.4. The molecule has 0 radical (unpaired) electrons. The summed E-state index contributed by atoms with van der Waals surface area (Å²) in [5.41, 5.74) is 1.39. The van der Waals surface area contributed by atoms with Crippen molar-refractivity contribution in [3.63, 3.8) is 0 Å². The quantitative estimate of drug-likeness (QED) is 0.564. The number of hydrogen-bond donors (Lipinski definition) is 0. The number of ether oxygens (including phenoxy) is 3. The summed E-state index contributed by atoms with van der Waals surface area (Å²) in [4.78, 5) is 25.4. The van der Waals surface area contributed by atoms with E-state index >= 15 is 0 Å². The predicted molar refractivity (Wildman–Crippen MR) is 99.4 cm³/mol. The molecule has 2 aromatic rings. The standard InChI is InChI=1S/C20H21NO5/c1-21(16-9-5-4-6-10-16)18(22)14-26-19(23)13-12-15-8-7-11-17(24-2)20(15)25-3/h4-13H,14H2,1-3H3/b13-12+. The zero-order valence-corrected chi connectivity index (χ0v) is 15.0. The topological polar surface area (TPSA) is 65.1 Å². The maximum atomic E-state index is 12.1. The van der Waals surface area contributed by atoms with Crippen LogP contribution in [-0.4, -0.2) is 39.8 Å². The van der Waals surface area contributed by atoms with Gasteiger partial charge in [-0.15, -0.1) is 0 Å². The third-order valence-electron chi connectivity index (χ3n) is 3.69. The normalized spacial score (nSPS) is 10.4. The fourth-order valence-corrected chi connectivity index (χ4v) is 2.27. The van der Waals surface area contributed by atoms with Crippen molar-refractivity contribution in [3.05, 3.63) is 60.2 Å². The molecule has 26 heavy (non-hydrogen) atoms. The molecule has 0 spiro atoms. The first-order valence-electron chi connectivity index (χ1n) is 7.94. The highest BCUT2D eigenvalue weighted by Gasteiger charge is 2.13. The van der Waals surface area contributed by atoms with E-state index in [2.05, 4.69) is 0 Å². The maximum Gasteiger partial charge on any atom is 0.331 e. The van der Waals surface area contributed by atoms with E-state index in [-0.39, 0.29) is 12.5 Å². The lowest BCUT2D eigenvalue weighted by Crippen LogP contribution is -2.30. The third-order valence-corrected chi connectivity index (χ3v) is 3.69. The Morgan fingerprint density at radius 1 is 1.00 bits per heavy atom. The van der Waals surface area contributed by atoms with Crippen molar-refractivity contribution in [2.24, 2.45) is 0 Å². The van der Waals surface area contributed by atoms with Crippen molar-refractivity contribution in [2.75, 3.05) is 32.8 Å². The Kier molecular flexibility index (Phi) is 6.79. The van der Waals surface area contributed by atoms with Crippen LogP contribution in [-0.2, 0) is 14.3 Å². The average Bonchev–Trinajstić information content (AvgIpc) is 2.69. The lowest BCUT2D eigenvalue weighted by Gasteiger charge is -2.16. The van der Waals surface area contributed by atoms with Crippen LogP contribution < -0.4 is 14.4 Å². The van der Waals surface area contributed by atoms with Gasteiger partial charge in [-0.05, 0) is 24.3 Å². The number of nitrogens with zero attached hydrogens (tertiary/aromatic N) is 1. The van der Waals surface area contributed by atoms with Crippen LogP contribution in [0.15, 0.2) is 54.6 Å². The van der Waals surface area contributed by atoms with E-state index in [0.29, 0.717) is 17.1 Å². The molecule has 2 rings (SSSR count). The minimum absolute atomic E-state index is 0.322. The number of carbonyl (C=O) groups excluding carboxylic acids is 2. The lowest BCUT2D eigenvalue weighted by molar-refractivity contribution is -0.142. The van der Waals surface area contributed by atoms with Gasteiger partial charge in [0.05, 0.1) is 14.2 Å². The zero-order chi connectivity index (χ0) is 18.9. The number of benzene rings is 2. The summed E-state index contributed by atoms with van der Waals surface area (Å²) < 4.78 is 15.5. The Balaban J connectivity index is 1.95. The number of hydrogen-bond acceptors (Lipinski definition) is 5. The molecule has 0 saturated carbocycles. The SMILES string of the molecule is COc1cccc(/C=C/C(=O)OCC(=O)N(C)c2ccccc2)c1OC. The number of esters is 1. The number of likely N-dealkylation sites (N-methyl/N-ethyl adjacent to an activating group) is 1. The fraction of sp³-hybridized carbons (Fsp3) is 0.200. The molecule has 0 aromatic heterocycles. The second-order valence-electron chi connectivity index (χ2n) is 5.31. The fourth-order valence-electron chi connectivity index (χ4n) is 2.27. The van der Waals surface area contributed by atoms with Crippen LogP contribution in [0.5, 0.6) is 11.5 Å². The predicted octanol–water partition coefficient (Wildman–Crippen LogP) is 2.92. The minimum Gasteiger partial charge on any atom is -0.493 e. The van der Waals surface area contributed by atoms with Crippen molar-refractivity contribution >= 4 is 23.6 Å². The number of carbonyl (C=O) groups is 2. The Morgan fingerprint density at radius 3 is 2.38 bits per heavy atom. The van der Waals surface area contributed by atoms with E-state index in [1.807, 2.05) is 18.2 Å². The molecule has 0 saturated heterocycles. The third kappa shape index (κ3) is 4.86. The molecule has 136 valence electrons. The van der Waals surface area contributed by atoms with Gasteiger partial charge in [0.1, 0.15) is 0 Å². The number of methoxy groups -OCH3 is 2. The molecule has 0 aliphatic carbocycles. The summed E-state index contributed by atoms with van der Waals surface area (Å²) in [5, 5.41) is 0. The Labute approximate surface area is 152 Å². The molecule has 2 aromatic carbocycles. The van der Waals surface area contributed by atoms with Gasteiger partial charge < -0.3 is 19.1 Å². The van der Waals surface area contributed by atoms with Gasteiger partial charge in [0, 0.05) is 24.4 Å². The Bertz CT molecular complexity index is 786. The molecule has 0 aliphatic rings. The summed E-state index contributed by atoms with van der Waals surface area (Å²) in [7, 11) is 4.68. The molecule has 0 unspecified atom stereocenters. The minimum atomic E-state index is -0.621. The number of anilines is 1. The summed E-state index contributed by atoms with van der Waals surface area (Å²) in [6.07, 6.45) is 2.79. The van der Waals surface area contributed by atoms with Gasteiger partial charge in [0.15, 0.2) is 18.1 Å². The molecular weight excluding hydrogens is 334 g/mol. The van der Waals surface area contributed by atoms with Gasteiger partial charge in [-0.3, -0.25) is 4.79 Å². The van der Waals surface area contributed by atoms with Gasteiger partial charge in [0.2, 0.25) is 0 Å². The van der Waals surface area contributed by atoms with Crippen molar-refractivity contribution in [1.29, 1.82) is 0 Å². The van der Waals surface area contributed by atoms with E-state index in [0.717, 1.165) is 5.69 Å². The van der Waals surface area contributed by atoms with Gasteiger partial charge in [-0.2, -0.15) is 0 Å². The molecule has 0 N–H and O–H groups in total. The van der Waals surface area contributed by atoms with Gasteiger partial charge in [-0.1, -0.05) is 30.3 Å². The smallest absolute Gasteiger partial charge is 0.331 e. The van der Waals surface area contributed by atoms with E-state index in [1.165, 1.54) is 25.2 Å². The largest absolute Gasteiger partial charge is 0.493 e. The zero-order valence-electron chi connectivity index (χ0n) is 15.0.